The topological polar surface area (TPSA) is 74.7 Å². The van der Waals surface area contributed by atoms with Crippen LogP contribution in [0.1, 0.15) is 12.8 Å². The highest BCUT2D eigenvalue weighted by Crippen LogP contribution is 2.26. The Kier molecular flexibility index (Phi) is 3.50. The van der Waals surface area contributed by atoms with E-state index in [4.69, 9.17) is 5.11 Å². The predicted molar refractivity (Wildman–Crippen MR) is 63.4 cm³/mol. The van der Waals surface area contributed by atoms with Crippen molar-refractivity contribution in [1.82, 2.24) is 4.31 Å². The molecule has 1 saturated heterocycles. The van der Waals surface area contributed by atoms with E-state index in [2.05, 4.69) is 0 Å². The van der Waals surface area contributed by atoms with Crippen molar-refractivity contribution in [1.29, 1.82) is 0 Å². The highest BCUT2D eigenvalue weighted by Gasteiger charge is 2.33. The van der Waals surface area contributed by atoms with E-state index in [0.717, 1.165) is 11.3 Å². The summed E-state index contributed by atoms with van der Waals surface area (Å²) in [5, 5.41) is 10.6. The molecule has 0 saturated carbocycles. The number of piperidine rings is 1. The molecule has 0 aliphatic carbocycles. The Hall–Kier alpha value is -0.920. The Labute approximate surface area is 104 Å². The maximum absolute atomic E-state index is 12.2. The molecule has 1 N–H and O–H groups in total. The third-order valence-corrected chi connectivity index (χ3v) is 6.06. The molecule has 1 aromatic rings. The molecule has 7 heteroatoms. The van der Waals surface area contributed by atoms with E-state index in [1.54, 1.807) is 17.5 Å². The molecule has 2 heterocycles. The zero-order chi connectivity index (χ0) is 12.5. The summed E-state index contributed by atoms with van der Waals surface area (Å²) in [5.41, 5.74) is 0. The Balaban J connectivity index is 2.20. The lowest BCUT2D eigenvalue weighted by Gasteiger charge is -2.29. The van der Waals surface area contributed by atoms with Gasteiger partial charge in [-0.3, -0.25) is 4.79 Å². The van der Waals surface area contributed by atoms with Gasteiger partial charge in [0.1, 0.15) is 4.21 Å². The van der Waals surface area contributed by atoms with Gasteiger partial charge < -0.3 is 5.11 Å². The third-order valence-electron chi connectivity index (χ3n) is 2.82. The molecule has 0 aromatic carbocycles. The van der Waals surface area contributed by atoms with Crippen LogP contribution < -0.4 is 0 Å². The molecule has 17 heavy (non-hydrogen) atoms. The fraction of sp³-hybridized carbons (Fsp3) is 0.500. The van der Waals surface area contributed by atoms with Gasteiger partial charge in [0.15, 0.2) is 0 Å². The number of carbonyl (C=O) groups is 1. The first kappa shape index (κ1) is 12.5. The maximum atomic E-state index is 12.2. The van der Waals surface area contributed by atoms with Gasteiger partial charge in [-0.25, -0.2) is 8.42 Å². The quantitative estimate of drug-likeness (QED) is 0.900. The summed E-state index contributed by atoms with van der Waals surface area (Å²) in [6.45, 7) is 0.486. The average Bonchev–Trinajstić information content (AvgIpc) is 2.83. The summed E-state index contributed by atoms with van der Waals surface area (Å²) in [6, 6.07) is 3.22. The summed E-state index contributed by atoms with van der Waals surface area (Å²) < 4.78 is 25.9. The molecule has 0 radical (unpaired) electrons. The van der Waals surface area contributed by atoms with Gasteiger partial charge in [0.25, 0.3) is 10.0 Å². The number of aliphatic carboxylic acids is 1. The van der Waals surface area contributed by atoms with Gasteiger partial charge in [-0.1, -0.05) is 6.07 Å². The lowest BCUT2D eigenvalue weighted by atomic mass is 10.0. The van der Waals surface area contributed by atoms with Crippen LogP contribution in [0.4, 0.5) is 0 Å². The predicted octanol–water partition coefficient (Wildman–Crippen LogP) is 1.23. The Morgan fingerprint density at radius 2 is 2.29 bits per heavy atom. The highest BCUT2D eigenvalue weighted by molar-refractivity contribution is 7.91. The second-order valence-electron chi connectivity index (χ2n) is 3.97. The van der Waals surface area contributed by atoms with Gasteiger partial charge >= 0.3 is 5.97 Å². The van der Waals surface area contributed by atoms with Gasteiger partial charge in [0.05, 0.1) is 5.92 Å². The largest absolute Gasteiger partial charge is 0.481 e. The Bertz CT molecular complexity index is 494. The van der Waals surface area contributed by atoms with E-state index in [0.29, 0.717) is 19.4 Å². The molecule has 0 unspecified atom stereocenters. The standard InChI is InChI=1S/C10H13NO4S2/c12-10(13)8-3-1-5-11(7-8)17(14,15)9-4-2-6-16-9/h2,4,6,8H,1,3,5,7H2,(H,12,13)/t8-/m0/s1. The number of hydrogen-bond acceptors (Lipinski definition) is 4. The molecule has 0 bridgehead atoms. The van der Waals surface area contributed by atoms with Gasteiger partial charge in [-0.2, -0.15) is 4.31 Å². The lowest BCUT2D eigenvalue weighted by molar-refractivity contribution is -0.142. The van der Waals surface area contributed by atoms with Crippen LogP contribution in [-0.4, -0.2) is 36.9 Å². The van der Waals surface area contributed by atoms with E-state index < -0.39 is 21.9 Å². The zero-order valence-corrected chi connectivity index (χ0v) is 10.7. The number of nitrogens with zero attached hydrogens (tertiary/aromatic N) is 1. The van der Waals surface area contributed by atoms with Crippen LogP contribution in [0.3, 0.4) is 0 Å². The van der Waals surface area contributed by atoms with Gasteiger partial charge in [0, 0.05) is 13.1 Å². The van der Waals surface area contributed by atoms with E-state index in [9.17, 15) is 13.2 Å². The summed E-state index contributed by atoms with van der Waals surface area (Å²) in [5.74, 6) is -1.51. The fourth-order valence-corrected chi connectivity index (χ4v) is 4.57. The van der Waals surface area contributed by atoms with Gasteiger partial charge in [-0.05, 0) is 24.3 Å². The SMILES string of the molecule is O=C(O)[C@H]1CCCN(S(=O)(=O)c2cccs2)C1. The molecular weight excluding hydrogens is 262 g/mol. The molecule has 1 fully saturated rings. The van der Waals surface area contributed by atoms with Crippen molar-refractivity contribution in [2.45, 2.75) is 17.1 Å². The van der Waals surface area contributed by atoms with E-state index in [1.807, 2.05) is 0 Å². The molecule has 1 aliphatic heterocycles. The van der Waals surface area contributed by atoms with Crippen molar-refractivity contribution < 1.29 is 18.3 Å². The molecule has 1 aliphatic rings. The van der Waals surface area contributed by atoms with Crippen molar-refractivity contribution in [3.8, 4) is 0 Å². The second-order valence-corrected chi connectivity index (χ2v) is 7.08. The molecule has 1 aromatic heterocycles. The van der Waals surface area contributed by atoms with Crippen molar-refractivity contribution >= 4 is 27.3 Å². The number of thiophene rings is 1. The Morgan fingerprint density at radius 1 is 1.53 bits per heavy atom. The summed E-state index contributed by atoms with van der Waals surface area (Å²) in [4.78, 5) is 10.9. The first-order valence-corrected chi connectivity index (χ1v) is 7.60. The van der Waals surface area contributed by atoms with Crippen LogP contribution in [0, 0.1) is 5.92 Å². The first-order chi connectivity index (χ1) is 8.01. The monoisotopic (exact) mass is 275 g/mol. The maximum Gasteiger partial charge on any atom is 0.307 e. The normalized spacial score (nSPS) is 22.5. The fourth-order valence-electron chi connectivity index (χ4n) is 1.90. The van der Waals surface area contributed by atoms with Gasteiger partial charge in [0.2, 0.25) is 0 Å². The third kappa shape index (κ3) is 2.51. The highest BCUT2D eigenvalue weighted by atomic mass is 32.2. The molecule has 94 valence electrons. The molecule has 2 rings (SSSR count). The molecule has 0 spiro atoms. The van der Waals surface area contributed by atoms with E-state index in [-0.39, 0.29) is 10.8 Å². The van der Waals surface area contributed by atoms with Crippen LogP contribution in [-0.2, 0) is 14.8 Å². The van der Waals surface area contributed by atoms with Crippen LogP contribution in [0.5, 0.6) is 0 Å². The molecule has 0 amide bonds. The van der Waals surface area contributed by atoms with Crippen LogP contribution in [0.15, 0.2) is 21.7 Å². The number of carboxylic acids is 1. The minimum Gasteiger partial charge on any atom is -0.481 e. The zero-order valence-electron chi connectivity index (χ0n) is 9.07. The molecular formula is C10H13NO4S2. The first-order valence-electron chi connectivity index (χ1n) is 5.28. The average molecular weight is 275 g/mol. The van der Waals surface area contributed by atoms with Gasteiger partial charge in [-0.15, -0.1) is 11.3 Å². The summed E-state index contributed by atoms with van der Waals surface area (Å²) in [7, 11) is -3.50. The van der Waals surface area contributed by atoms with E-state index in [1.165, 1.54) is 4.31 Å². The van der Waals surface area contributed by atoms with Crippen LogP contribution in [0.25, 0.3) is 0 Å². The summed E-state index contributed by atoms with van der Waals surface area (Å²) in [6.07, 6.45) is 1.15. The molecule has 5 nitrogen and oxygen atoms in total. The van der Waals surface area contributed by atoms with Crippen molar-refractivity contribution in [3.63, 3.8) is 0 Å². The minimum absolute atomic E-state index is 0.0789. The lowest BCUT2D eigenvalue weighted by Crippen LogP contribution is -2.41. The van der Waals surface area contributed by atoms with Crippen LogP contribution in [0.2, 0.25) is 0 Å². The van der Waals surface area contributed by atoms with E-state index >= 15 is 0 Å². The second kappa shape index (κ2) is 4.75. The van der Waals surface area contributed by atoms with Crippen molar-refractivity contribution in [2.75, 3.05) is 13.1 Å². The number of hydrogen-bond donors (Lipinski definition) is 1. The van der Waals surface area contributed by atoms with Crippen molar-refractivity contribution in [3.05, 3.63) is 17.5 Å². The minimum atomic E-state index is -3.50. The van der Waals surface area contributed by atoms with Crippen molar-refractivity contribution in [2.24, 2.45) is 5.92 Å². The van der Waals surface area contributed by atoms with Crippen LogP contribution >= 0.6 is 11.3 Å². The number of sulfonamides is 1. The molecule has 1 atom stereocenters. The number of rotatable bonds is 3. The Morgan fingerprint density at radius 3 is 2.88 bits per heavy atom. The number of carboxylic acid groups (broad SMARTS) is 1. The summed E-state index contributed by atoms with van der Waals surface area (Å²) >= 11 is 1.16. The smallest absolute Gasteiger partial charge is 0.307 e.